The van der Waals surface area contributed by atoms with Crippen molar-refractivity contribution in [2.75, 3.05) is 11.9 Å². The fourth-order valence-electron chi connectivity index (χ4n) is 3.65. The van der Waals surface area contributed by atoms with E-state index in [-0.39, 0.29) is 6.61 Å². The number of aromatic nitrogens is 1. The second kappa shape index (κ2) is 7.71. The number of aliphatic hydroxyl groups is 1. The Morgan fingerprint density at radius 2 is 1.89 bits per heavy atom. The van der Waals surface area contributed by atoms with Crippen molar-refractivity contribution < 1.29 is 5.11 Å². The van der Waals surface area contributed by atoms with Gasteiger partial charge in [0.05, 0.1) is 5.69 Å². The Hall–Kier alpha value is -2.36. The van der Waals surface area contributed by atoms with Gasteiger partial charge in [-0.05, 0) is 79.6 Å². The van der Waals surface area contributed by atoms with Gasteiger partial charge >= 0.3 is 0 Å². The zero-order chi connectivity index (χ0) is 18.8. The summed E-state index contributed by atoms with van der Waals surface area (Å²) in [5.41, 5.74) is 8.97. The van der Waals surface area contributed by atoms with Gasteiger partial charge in [0.2, 0.25) is 0 Å². The molecule has 2 aromatic carbocycles. The van der Waals surface area contributed by atoms with E-state index < -0.39 is 0 Å². The van der Waals surface area contributed by atoms with E-state index in [1.165, 1.54) is 11.3 Å². The summed E-state index contributed by atoms with van der Waals surface area (Å²) in [6.07, 6.45) is 3.92. The van der Waals surface area contributed by atoms with Crippen LogP contribution >= 0.6 is 11.6 Å². The molecule has 0 amide bonds. The summed E-state index contributed by atoms with van der Waals surface area (Å²) in [6.45, 7) is 2.20. The lowest BCUT2D eigenvalue weighted by Gasteiger charge is -2.14. The maximum atomic E-state index is 9.07. The van der Waals surface area contributed by atoms with E-state index in [0.29, 0.717) is 6.42 Å². The SMILES string of the molecule is Cc1cc(-c2cc(Nc3ccc(CCO)cc3)c3c(n2)CCC3)ccc1Cl. The van der Waals surface area contributed by atoms with Gasteiger partial charge in [-0.3, -0.25) is 4.98 Å². The van der Waals surface area contributed by atoms with Crippen LogP contribution in [0.15, 0.2) is 48.5 Å². The number of halogens is 1. The molecule has 4 rings (SSSR count). The Labute approximate surface area is 165 Å². The molecule has 0 saturated carbocycles. The van der Waals surface area contributed by atoms with Crippen LogP contribution in [0.3, 0.4) is 0 Å². The summed E-state index contributed by atoms with van der Waals surface area (Å²) in [5.74, 6) is 0. The van der Waals surface area contributed by atoms with Crippen LogP contribution in [0.4, 0.5) is 11.4 Å². The molecule has 0 fully saturated rings. The molecule has 0 unspecified atom stereocenters. The Morgan fingerprint density at radius 1 is 1.07 bits per heavy atom. The van der Waals surface area contributed by atoms with E-state index in [2.05, 4.69) is 41.7 Å². The molecule has 1 aliphatic carbocycles. The number of fused-ring (bicyclic) bond motifs is 1. The third-order valence-corrected chi connectivity index (χ3v) is 5.56. The molecule has 0 bridgehead atoms. The van der Waals surface area contributed by atoms with Gasteiger partial charge in [0.1, 0.15) is 0 Å². The number of benzene rings is 2. The molecule has 0 aliphatic heterocycles. The minimum absolute atomic E-state index is 0.175. The Bertz CT molecular complexity index is 967. The Morgan fingerprint density at radius 3 is 2.63 bits per heavy atom. The lowest BCUT2D eigenvalue weighted by Crippen LogP contribution is -2.00. The zero-order valence-electron chi connectivity index (χ0n) is 15.4. The van der Waals surface area contributed by atoms with Gasteiger partial charge in [-0.1, -0.05) is 29.8 Å². The topological polar surface area (TPSA) is 45.1 Å². The van der Waals surface area contributed by atoms with Gasteiger partial charge in [0.25, 0.3) is 0 Å². The fraction of sp³-hybridized carbons (Fsp3) is 0.261. The number of hydrogen-bond donors (Lipinski definition) is 2. The van der Waals surface area contributed by atoms with Crippen molar-refractivity contribution in [3.63, 3.8) is 0 Å². The summed E-state index contributed by atoms with van der Waals surface area (Å²) < 4.78 is 0. The number of hydrogen-bond acceptors (Lipinski definition) is 3. The lowest BCUT2D eigenvalue weighted by molar-refractivity contribution is 0.299. The molecule has 3 nitrogen and oxygen atoms in total. The number of pyridine rings is 1. The first-order valence-electron chi connectivity index (χ1n) is 9.40. The van der Waals surface area contributed by atoms with Gasteiger partial charge < -0.3 is 10.4 Å². The molecule has 4 heteroatoms. The van der Waals surface area contributed by atoms with Crippen molar-refractivity contribution in [1.29, 1.82) is 0 Å². The van der Waals surface area contributed by atoms with Gasteiger partial charge in [0.15, 0.2) is 0 Å². The van der Waals surface area contributed by atoms with E-state index in [0.717, 1.165) is 58.0 Å². The molecule has 138 valence electrons. The third kappa shape index (κ3) is 3.85. The van der Waals surface area contributed by atoms with Crippen molar-refractivity contribution in [3.8, 4) is 11.3 Å². The molecule has 1 aliphatic rings. The minimum atomic E-state index is 0.175. The smallest absolute Gasteiger partial charge is 0.0726 e. The van der Waals surface area contributed by atoms with E-state index in [1.54, 1.807) is 0 Å². The number of rotatable bonds is 5. The number of aliphatic hydroxyl groups excluding tert-OH is 1. The van der Waals surface area contributed by atoms with E-state index in [1.807, 2.05) is 19.1 Å². The second-order valence-corrected chi connectivity index (χ2v) is 7.50. The van der Waals surface area contributed by atoms with E-state index >= 15 is 0 Å². The molecule has 2 N–H and O–H groups in total. The lowest BCUT2D eigenvalue weighted by atomic mass is 10.0. The first-order valence-corrected chi connectivity index (χ1v) is 9.78. The summed E-state index contributed by atoms with van der Waals surface area (Å²) >= 11 is 6.19. The summed E-state index contributed by atoms with van der Waals surface area (Å²) in [7, 11) is 0. The first-order chi connectivity index (χ1) is 13.1. The van der Waals surface area contributed by atoms with Crippen molar-refractivity contribution >= 4 is 23.0 Å². The monoisotopic (exact) mass is 378 g/mol. The number of nitrogens with zero attached hydrogens (tertiary/aromatic N) is 1. The molecule has 0 radical (unpaired) electrons. The van der Waals surface area contributed by atoms with Crippen LogP contribution in [0, 0.1) is 6.92 Å². The molecule has 3 aromatic rings. The van der Waals surface area contributed by atoms with E-state index in [9.17, 15) is 0 Å². The van der Waals surface area contributed by atoms with Crippen LogP contribution in [0.5, 0.6) is 0 Å². The number of aryl methyl sites for hydroxylation is 2. The highest BCUT2D eigenvalue weighted by Gasteiger charge is 2.19. The Balaban J connectivity index is 1.69. The maximum Gasteiger partial charge on any atom is 0.0726 e. The average molecular weight is 379 g/mol. The van der Waals surface area contributed by atoms with Crippen LogP contribution < -0.4 is 5.32 Å². The van der Waals surface area contributed by atoms with Crippen LogP contribution in [0.25, 0.3) is 11.3 Å². The second-order valence-electron chi connectivity index (χ2n) is 7.09. The zero-order valence-corrected chi connectivity index (χ0v) is 16.2. The van der Waals surface area contributed by atoms with Crippen LogP contribution in [0.2, 0.25) is 5.02 Å². The van der Waals surface area contributed by atoms with E-state index in [4.69, 9.17) is 21.7 Å². The first kappa shape index (κ1) is 18.0. The molecular weight excluding hydrogens is 356 g/mol. The van der Waals surface area contributed by atoms with Gasteiger partial charge in [-0.25, -0.2) is 0 Å². The molecule has 0 atom stereocenters. The molecule has 1 aromatic heterocycles. The summed E-state index contributed by atoms with van der Waals surface area (Å²) in [6, 6.07) is 16.5. The predicted octanol–water partition coefficient (Wildman–Crippen LogP) is 5.48. The van der Waals surface area contributed by atoms with Crippen molar-refractivity contribution in [2.24, 2.45) is 0 Å². The normalized spacial score (nSPS) is 12.9. The third-order valence-electron chi connectivity index (χ3n) is 5.14. The van der Waals surface area contributed by atoms with Crippen LogP contribution in [-0.4, -0.2) is 16.7 Å². The average Bonchev–Trinajstić information content (AvgIpc) is 3.15. The largest absolute Gasteiger partial charge is 0.396 e. The minimum Gasteiger partial charge on any atom is -0.396 e. The Kier molecular flexibility index (Phi) is 5.15. The predicted molar refractivity (Wildman–Crippen MR) is 112 cm³/mol. The van der Waals surface area contributed by atoms with Crippen molar-refractivity contribution in [2.45, 2.75) is 32.6 Å². The highest BCUT2D eigenvalue weighted by atomic mass is 35.5. The molecule has 0 spiro atoms. The number of anilines is 2. The standard InChI is InChI=1S/C23H23ClN2O/c1-15-13-17(7-10-20(15)24)22-14-23(19-3-2-4-21(19)26-22)25-18-8-5-16(6-9-18)11-12-27/h5-10,13-14,27H,2-4,11-12H2,1H3,(H,25,26). The highest BCUT2D eigenvalue weighted by Crippen LogP contribution is 2.34. The molecular formula is C23H23ClN2O. The van der Waals surface area contributed by atoms with Crippen LogP contribution in [-0.2, 0) is 19.3 Å². The molecule has 27 heavy (non-hydrogen) atoms. The van der Waals surface area contributed by atoms with Gasteiger partial charge in [-0.15, -0.1) is 0 Å². The quantitative estimate of drug-likeness (QED) is 0.618. The molecule has 1 heterocycles. The van der Waals surface area contributed by atoms with Gasteiger partial charge in [-0.2, -0.15) is 0 Å². The summed E-state index contributed by atoms with van der Waals surface area (Å²) in [4.78, 5) is 4.92. The van der Waals surface area contributed by atoms with Crippen molar-refractivity contribution in [1.82, 2.24) is 4.98 Å². The van der Waals surface area contributed by atoms with Crippen molar-refractivity contribution in [3.05, 3.63) is 75.9 Å². The maximum absolute atomic E-state index is 9.07. The summed E-state index contributed by atoms with van der Waals surface area (Å²) in [5, 5.41) is 13.4. The van der Waals surface area contributed by atoms with Crippen LogP contribution in [0.1, 0.15) is 28.8 Å². The number of nitrogens with one attached hydrogen (secondary N) is 1. The fourth-order valence-corrected chi connectivity index (χ4v) is 3.76. The van der Waals surface area contributed by atoms with Gasteiger partial charge in [0, 0.05) is 34.3 Å². The highest BCUT2D eigenvalue weighted by molar-refractivity contribution is 6.31. The molecule has 0 saturated heterocycles.